The van der Waals surface area contributed by atoms with Gasteiger partial charge >= 0.3 is 12.1 Å². The molecule has 2 fully saturated rings. The molecular weight excluding hydrogens is 648 g/mol. The average Bonchev–Trinajstić information content (AvgIpc) is 3.45. The van der Waals surface area contributed by atoms with Gasteiger partial charge in [0.2, 0.25) is 5.91 Å². The van der Waals surface area contributed by atoms with E-state index in [1.807, 2.05) is 60.7 Å². The van der Waals surface area contributed by atoms with Crippen molar-refractivity contribution in [3.05, 3.63) is 129 Å². The Morgan fingerprint density at radius 1 is 1.00 bits per heavy atom. The number of fused-ring (bicyclic) bond motifs is 1. The fraction of sp³-hybridized carbons (Fsp3) is 0.278. The Morgan fingerprint density at radius 2 is 1.65 bits per heavy atom. The van der Waals surface area contributed by atoms with Gasteiger partial charge in [0.1, 0.15) is 17.0 Å². The SMILES string of the molecule is CC(C)(C)OC(=O)N[C@@H]1C(=O)N2[C@@H](C(=O)OC(c3ccccc3)c3ccccc3)C(/C=C3\CCN(c4cccc([N+](=O)[O-])c4)C3=O)=CS[C@H]12. The number of amides is 3. The third-order valence-corrected chi connectivity index (χ3v) is 9.36. The Bertz CT molecular complexity index is 1820. The Morgan fingerprint density at radius 3 is 2.27 bits per heavy atom. The third kappa shape index (κ3) is 7.07. The van der Waals surface area contributed by atoms with Gasteiger partial charge in [-0.15, -0.1) is 11.8 Å². The maximum absolute atomic E-state index is 14.3. The molecule has 0 aliphatic carbocycles. The van der Waals surface area contributed by atoms with Crippen molar-refractivity contribution in [1.82, 2.24) is 10.2 Å². The first kappa shape index (κ1) is 33.5. The maximum atomic E-state index is 14.3. The minimum atomic E-state index is -1.22. The van der Waals surface area contributed by atoms with E-state index in [-0.39, 0.29) is 18.1 Å². The Hall–Kier alpha value is -5.43. The summed E-state index contributed by atoms with van der Waals surface area (Å²) in [6, 6.07) is 22.1. The molecule has 3 aliphatic rings. The number of nitro groups is 1. The number of carbonyl (C=O) groups is 4. The van der Waals surface area contributed by atoms with Crippen LogP contribution in [0.2, 0.25) is 0 Å². The first-order chi connectivity index (χ1) is 23.4. The second-order valence-corrected chi connectivity index (χ2v) is 13.7. The van der Waals surface area contributed by atoms with Crippen LogP contribution in [0.1, 0.15) is 44.4 Å². The predicted molar refractivity (Wildman–Crippen MR) is 182 cm³/mol. The summed E-state index contributed by atoms with van der Waals surface area (Å²) in [5.41, 5.74) is 1.66. The maximum Gasteiger partial charge on any atom is 0.408 e. The van der Waals surface area contributed by atoms with Gasteiger partial charge in [-0.1, -0.05) is 66.7 Å². The van der Waals surface area contributed by atoms with Crippen LogP contribution >= 0.6 is 11.8 Å². The summed E-state index contributed by atoms with van der Waals surface area (Å²) in [7, 11) is 0. The minimum absolute atomic E-state index is 0.139. The van der Waals surface area contributed by atoms with Crippen molar-refractivity contribution >= 4 is 47.0 Å². The van der Waals surface area contributed by atoms with Crippen molar-refractivity contribution in [1.29, 1.82) is 0 Å². The largest absolute Gasteiger partial charge is 0.451 e. The van der Waals surface area contributed by atoms with Gasteiger partial charge in [-0.2, -0.15) is 0 Å². The zero-order chi connectivity index (χ0) is 34.9. The lowest BCUT2D eigenvalue weighted by molar-refractivity contribution is -0.384. The van der Waals surface area contributed by atoms with Crippen LogP contribution in [-0.4, -0.2) is 63.3 Å². The quantitative estimate of drug-likeness (QED) is 0.105. The van der Waals surface area contributed by atoms with Crippen molar-refractivity contribution in [3.63, 3.8) is 0 Å². The van der Waals surface area contributed by atoms with E-state index in [0.717, 1.165) is 11.1 Å². The highest BCUT2D eigenvalue weighted by atomic mass is 32.2. The van der Waals surface area contributed by atoms with Crippen LogP contribution in [-0.2, 0) is 23.9 Å². The van der Waals surface area contributed by atoms with Gasteiger partial charge in [0.25, 0.3) is 11.6 Å². The number of hydrogen-bond donors (Lipinski definition) is 1. The van der Waals surface area contributed by atoms with Crippen LogP contribution in [0.15, 0.2) is 108 Å². The molecule has 2 saturated heterocycles. The number of nitrogens with zero attached hydrogens (tertiary/aromatic N) is 3. The number of nitro benzene ring substituents is 1. The van der Waals surface area contributed by atoms with Crippen LogP contribution in [0, 0.1) is 10.1 Å². The number of β-lactam (4-membered cyclic amide) rings is 1. The van der Waals surface area contributed by atoms with Gasteiger partial charge in [0.15, 0.2) is 12.1 Å². The summed E-state index contributed by atoms with van der Waals surface area (Å²) in [4.78, 5) is 67.8. The molecule has 0 radical (unpaired) electrons. The Kier molecular flexibility index (Phi) is 9.28. The van der Waals surface area contributed by atoms with E-state index >= 15 is 0 Å². The summed E-state index contributed by atoms with van der Waals surface area (Å²) in [6.07, 6.45) is 0.355. The highest BCUT2D eigenvalue weighted by Crippen LogP contribution is 2.42. The van der Waals surface area contributed by atoms with Gasteiger partial charge in [-0.25, -0.2) is 9.59 Å². The van der Waals surface area contributed by atoms with Crippen molar-refractivity contribution < 1.29 is 33.6 Å². The number of alkyl carbamates (subject to hydrolysis) is 1. The van der Waals surface area contributed by atoms with E-state index in [2.05, 4.69) is 5.32 Å². The molecule has 0 bridgehead atoms. The molecule has 0 saturated carbocycles. The number of benzene rings is 3. The molecule has 0 aromatic heterocycles. The van der Waals surface area contributed by atoms with Crippen molar-refractivity contribution in [2.75, 3.05) is 11.4 Å². The number of thioether (sulfide) groups is 1. The van der Waals surface area contributed by atoms with Crippen LogP contribution < -0.4 is 10.2 Å². The van der Waals surface area contributed by atoms with E-state index < -0.39 is 52.1 Å². The number of hydrogen-bond acceptors (Lipinski definition) is 9. The fourth-order valence-electron chi connectivity index (χ4n) is 5.94. The molecular formula is C36H34N4O8S. The van der Waals surface area contributed by atoms with Gasteiger partial charge in [0.05, 0.1) is 10.6 Å². The molecule has 1 N–H and O–H groups in total. The normalized spacial score (nSPS) is 21.2. The number of ether oxygens (including phenoxy) is 2. The van der Waals surface area contributed by atoms with E-state index in [0.29, 0.717) is 23.3 Å². The molecule has 0 unspecified atom stereocenters. The summed E-state index contributed by atoms with van der Waals surface area (Å²) in [6.45, 7) is 5.42. The number of anilines is 1. The molecule has 49 heavy (non-hydrogen) atoms. The van der Waals surface area contributed by atoms with Gasteiger partial charge in [0, 0.05) is 24.3 Å². The van der Waals surface area contributed by atoms with Crippen molar-refractivity contribution in [3.8, 4) is 0 Å². The number of nitrogens with one attached hydrogen (secondary N) is 1. The van der Waals surface area contributed by atoms with Crippen LogP contribution in [0.25, 0.3) is 0 Å². The number of non-ortho nitro benzene ring substituents is 1. The van der Waals surface area contributed by atoms with Crippen LogP contribution in [0.3, 0.4) is 0 Å². The van der Waals surface area contributed by atoms with Crippen molar-refractivity contribution in [2.45, 2.75) is 56.4 Å². The zero-order valence-electron chi connectivity index (χ0n) is 27.0. The number of carbonyl (C=O) groups excluding carboxylic acids is 4. The third-order valence-electron chi connectivity index (χ3n) is 8.17. The molecule has 3 aromatic carbocycles. The van der Waals surface area contributed by atoms with Gasteiger partial charge in [-0.05, 0) is 61.4 Å². The minimum Gasteiger partial charge on any atom is -0.451 e. The second kappa shape index (κ2) is 13.6. The summed E-state index contributed by atoms with van der Waals surface area (Å²) in [5.74, 6) is -1.58. The Labute approximate surface area is 286 Å². The first-order valence-corrected chi connectivity index (χ1v) is 16.6. The molecule has 3 heterocycles. The molecule has 6 rings (SSSR count). The van der Waals surface area contributed by atoms with Crippen LogP contribution in [0.4, 0.5) is 16.2 Å². The molecule has 252 valence electrons. The number of esters is 1. The van der Waals surface area contributed by atoms with Crippen molar-refractivity contribution in [2.24, 2.45) is 0 Å². The lowest BCUT2D eigenvalue weighted by Crippen LogP contribution is -2.74. The molecule has 3 amide bonds. The molecule has 12 nitrogen and oxygen atoms in total. The monoisotopic (exact) mass is 682 g/mol. The first-order valence-electron chi connectivity index (χ1n) is 15.7. The average molecular weight is 683 g/mol. The van der Waals surface area contributed by atoms with Gasteiger partial charge in [-0.3, -0.25) is 19.7 Å². The van der Waals surface area contributed by atoms with E-state index in [1.165, 1.54) is 39.8 Å². The topological polar surface area (TPSA) is 148 Å². The Balaban J connectivity index is 1.32. The molecule has 3 aromatic rings. The second-order valence-electron chi connectivity index (χ2n) is 12.7. The van der Waals surface area contributed by atoms with E-state index in [4.69, 9.17) is 9.47 Å². The lowest BCUT2D eigenvalue weighted by atomic mass is 9.95. The molecule has 0 spiro atoms. The zero-order valence-corrected chi connectivity index (χ0v) is 27.8. The molecule has 3 aliphatic heterocycles. The summed E-state index contributed by atoms with van der Waals surface area (Å²) < 4.78 is 11.6. The van der Waals surface area contributed by atoms with E-state index in [1.54, 1.807) is 38.3 Å². The predicted octanol–water partition coefficient (Wildman–Crippen LogP) is 5.65. The highest BCUT2D eigenvalue weighted by molar-refractivity contribution is 8.03. The van der Waals surface area contributed by atoms with E-state index in [9.17, 15) is 29.3 Å². The van der Waals surface area contributed by atoms with Gasteiger partial charge < -0.3 is 24.6 Å². The smallest absolute Gasteiger partial charge is 0.408 e. The highest BCUT2D eigenvalue weighted by Gasteiger charge is 2.56. The summed E-state index contributed by atoms with van der Waals surface area (Å²) >= 11 is 1.23. The standard InChI is InChI=1S/C36H34N4O8S/c1-36(2,3)48-35(44)37-28-32(42)39-29(34(43)47-30(22-11-6-4-7-12-22)23-13-8-5-9-14-23)25(21-49-33(28)39)19-24-17-18-38(31(24)41)26-15-10-16-27(20-26)40(45)46/h4-16,19-21,28-30,33H,17-18H2,1-3H3,(H,37,44)/b24-19+/t28-,29-,33-/m1/s1. The molecule has 13 heteroatoms. The fourth-order valence-corrected chi connectivity index (χ4v) is 7.13. The summed E-state index contributed by atoms with van der Waals surface area (Å²) in [5, 5.41) is 15.0. The number of rotatable bonds is 8. The lowest BCUT2D eigenvalue weighted by Gasteiger charge is -2.51. The molecule has 3 atom stereocenters. The van der Waals surface area contributed by atoms with Crippen LogP contribution in [0.5, 0.6) is 0 Å².